The molecule has 11 heteroatoms. The molecule has 0 saturated heterocycles. The molecule has 0 bridgehead atoms. The Morgan fingerprint density at radius 2 is 1.53 bits per heavy atom. The molecule has 2 aliphatic rings. The van der Waals surface area contributed by atoms with E-state index in [-0.39, 0.29) is 30.8 Å². The average Bonchev–Trinajstić information content (AvgIpc) is 3.18. The fourth-order valence-electron chi connectivity index (χ4n) is 7.02. The van der Waals surface area contributed by atoms with Gasteiger partial charge in [0.2, 0.25) is 11.8 Å². The maximum Gasteiger partial charge on any atom is 0.410 e. The monoisotopic (exact) mass is 751 g/mol. The highest BCUT2D eigenvalue weighted by Crippen LogP contribution is 2.33. The van der Waals surface area contributed by atoms with Crippen molar-refractivity contribution in [2.45, 2.75) is 96.6 Å². The minimum Gasteiger partial charge on any atom is -0.489 e. The largest absolute Gasteiger partial charge is 0.489 e. The molecule has 0 heterocycles. The number of fused-ring (bicyclic) bond motifs is 1. The first-order chi connectivity index (χ1) is 26.2. The lowest BCUT2D eigenvalue weighted by Gasteiger charge is -2.33. The molecule has 5 rings (SSSR count). The highest BCUT2D eigenvalue weighted by molar-refractivity contribution is 5.96. The van der Waals surface area contributed by atoms with Gasteiger partial charge >= 0.3 is 12.1 Å². The van der Waals surface area contributed by atoms with Crippen molar-refractivity contribution in [1.29, 1.82) is 0 Å². The maximum atomic E-state index is 14.6. The Labute approximate surface area is 323 Å². The molecule has 3 aromatic carbocycles. The quantitative estimate of drug-likeness (QED) is 0.146. The number of nitrogens with zero attached hydrogens (tertiary/aromatic N) is 1. The van der Waals surface area contributed by atoms with Crippen LogP contribution in [-0.2, 0) is 43.3 Å². The van der Waals surface area contributed by atoms with Gasteiger partial charge in [0, 0.05) is 13.0 Å². The molecule has 2 unspecified atom stereocenters. The van der Waals surface area contributed by atoms with Crippen LogP contribution >= 0.6 is 0 Å². The topological polar surface area (TPSA) is 140 Å². The number of esters is 1. The van der Waals surface area contributed by atoms with E-state index in [1.54, 1.807) is 64.1 Å². The van der Waals surface area contributed by atoms with Gasteiger partial charge in [-0.1, -0.05) is 60.7 Å². The highest BCUT2D eigenvalue weighted by Gasteiger charge is 2.39. The highest BCUT2D eigenvalue weighted by atomic mass is 16.6. The van der Waals surface area contributed by atoms with E-state index in [1.807, 2.05) is 36.4 Å². The zero-order valence-corrected chi connectivity index (χ0v) is 32.6. The van der Waals surface area contributed by atoms with Crippen molar-refractivity contribution in [1.82, 2.24) is 15.5 Å². The van der Waals surface area contributed by atoms with Crippen LogP contribution in [0.3, 0.4) is 0 Å². The number of amides is 3. The van der Waals surface area contributed by atoms with Crippen LogP contribution in [0, 0.1) is 11.8 Å². The predicted octanol–water partition coefficient (Wildman–Crippen LogP) is 6.68. The van der Waals surface area contributed by atoms with Crippen molar-refractivity contribution in [3.8, 4) is 5.75 Å². The number of aryl methyl sites for hydroxylation is 1. The van der Waals surface area contributed by atoms with E-state index >= 15 is 0 Å². The van der Waals surface area contributed by atoms with Crippen LogP contribution in [0.4, 0.5) is 4.79 Å². The average molecular weight is 752 g/mol. The predicted molar refractivity (Wildman–Crippen MR) is 208 cm³/mol. The number of nitrogens with one attached hydrogen (secondary N) is 2. The minimum atomic E-state index is -0.982. The van der Waals surface area contributed by atoms with Gasteiger partial charge in [-0.2, -0.15) is 0 Å². The first-order valence-electron chi connectivity index (χ1n) is 19.0. The molecular formula is C44H53N3O8. The zero-order chi connectivity index (χ0) is 39.7. The fourth-order valence-corrected chi connectivity index (χ4v) is 7.02. The molecule has 0 aromatic heterocycles. The molecule has 2 aliphatic carbocycles. The molecule has 55 heavy (non-hydrogen) atoms. The number of benzene rings is 3. The molecule has 0 aliphatic heterocycles. The third-order valence-electron chi connectivity index (χ3n) is 10.3. The minimum absolute atomic E-state index is 0.126. The van der Waals surface area contributed by atoms with Gasteiger partial charge in [0.1, 0.15) is 24.0 Å². The number of ketones is 1. The van der Waals surface area contributed by atoms with Gasteiger partial charge in [-0.05, 0) is 113 Å². The lowest BCUT2D eigenvalue weighted by molar-refractivity contribution is -0.137. The molecule has 3 amide bonds. The second-order valence-corrected chi connectivity index (χ2v) is 15.4. The summed E-state index contributed by atoms with van der Waals surface area (Å²) in [5.74, 6) is -2.02. The Morgan fingerprint density at radius 1 is 0.873 bits per heavy atom. The van der Waals surface area contributed by atoms with Crippen molar-refractivity contribution >= 4 is 29.7 Å². The summed E-state index contributed by atoms with van der Waals surface area (Å²) in [5, 5.41) is 6.19. The molecule has 0 spiro atoms. The van der Waals surface area contributed by atoms with Crippen molar-refractivity contribution < 1.29 is 38.2 Å². The lowest BCUT2D eigenvalue weighted by Crippen LogP contribution is -2.54. The SMILES string of the molecule is COC(=O)c1ccc(COc2ccc(CC(NC(=O)C(C)N(C)C(=O)OC(C)(C)C)C(=O)[C@@H]3CC=CC[C@H]3C(=O)N[C@@H]3CCCc4ccccc43)cc2)cc1. The summed E-state index contributed by atoms with van der Waals surface area (Å²) >= 11 is 0. The third-order valence-corrected chi connectivity index (χ3v) is 10.3. The molecule has 0 saturated carbocycles. The zero-order valence-electron chi connectivity index (χ0n) is 32.6. The molecule has 0 fully saturated rings. The van der Waals surface area contributed by atoms with E-state index in [2.05, 4.69) is 22.8 Å². The van der Waals surface area contributed by atoms with Gasteiger partial charge in [0.05, 0.1) is 30.7 Å². The molecule has 5 atom stereocenters. The van der Waals surface area contributed by atoms with Gasteiger partial charge in [-0.15, -0.1) is 0 Å². The van der Waals surface area contributed by atoms with E-state index in [0.717, 1.165) is 36.0 Å². The number of Topliss-reactive ketones (excluding diaryl/α,β-unsaturated/α-hetero) is 1. The molecule has 292 valence electrons. The second kappa shape index (κ2) is 18.3. The van der Waals surface area contributed by atoms with E-state index in [0.29, 0.717) is 24.2 Å². The van der Waals surface area contributed by atoms with Crippen LogP contribution in [0.15, 0.2) is 84.9 Å². The normalized spacial score (nSPS) is 18.8. The number of allylic oxidation sites excluding steroid dienone is 2. The van der Waals surface area contributed by atoms with Gasteiger partial charge in [0.15, 0.2) is 5.78 Å². The lowest BCUT2D eigenvalue weighted by atomic mass is 9.76. The van der Waals surface area contributed by atoms with Crippen LogP contribution in [-0.4, -0.2) is 66.4 Å². The Kier molecular flexibility index (Phi) is 13.5. The standard InChI is InChI=1S/C44H53N3O8/c1-28(47(5)43(52)55-44(2,3)4)40(49)46-38(26-29-20-24-33(25-21-29)54-27-30-18-22-32(23-19-30)42(51)53-6)39(48)35-15-9-10-16-36(35)41(50)45-37-17-11-13-31-12-7-8-14-34(31)37/h7-10,12,14,18-25,28,35-38H,11,13,15-17,26-27H2,1-6H3,(H,45,50)(H,46,49)/t28?,35-,36-,37-,38?/m1/s1. The van der Waals surface area contributed by atoms with Gasteiger partial charge in [-0.3, -0.25) is 19.3 Å². The van der Waals surface area contributed by atoms with Crippen molar-refractivity contribution in [2.24, 2.45) is 11.8 Å². The summed E-state index contributed by atoms with van der Waals surface area (Å²) in [6.45, 7) is 7.09. The van der Waals surface area contributed by atoms with Crippen LogP contribution in [0.5, 0.6) is 5.75 Å². The Morgan fingerprint density at radius 3 is 2.20 bits per heavy atom. The first kappa shape index (κ1) is 40.7. The fraction of sp³-hybridized carbons (Fsp3) is 0.432. The van der Waals surface area contributed by atoms with Crippen molar-refractivity contribution in [2.75, 3.05) is 14.2 Å². The number of likely N-dealkylation sites (N-methyl/N-ethyl adjacent to an activating group) is 1. The summed E-state index contributed by atoms with van der Waals surface area (Å²) in [5.41, 5.74) is 3.68. The first-order valence-corrected chi connectivity index (χ1v) is 19.0. The summed E-state index contributed by atoms with van der Waals surface area (Å²) < 4.78 is 16.2. The molecular weight excluding hydrogens is 698 g/mol. The van der Waals surface area contributed by atoms with Crippen LogP contribution in [0.25, 0.3) is 0 Å². The van der Waals surface area contributed by atoms with Crippen molar-refractivity contribution in [3.05, 3.63) is 113 Å². The second-order valence-electron chi connectivity index (χ2n) is 15.4. The molecule has 3 aromatic rings. The number of hydrogen-bond donors (Lipinski definition) is 2. The number of hydrogen-bond acceptors (Lipinski definition) is 8. The van der Waals surface area contributed by atoms with Crippen LogP contribution in [0.2, 0.25) is 0 Å². The number of carbonyl (C=O) groups is 5. The van der Waals surface area contributed by atoms with Crippen LogP contribution < -0.4 is 15.4 Å². The summed E-state index contributed by atoms with van der Waals surface area (Å²) in [6.07, 6.45) is 6.91. The third kappa shape index (κ3) is 10.8. The van der Waals surface area contributed by atoms with Gasteiger partial charge < -0.3 is 24.8 Å². The van der Waals surface area contributed by atoms with Crippen molar-refractivity contribution in [3.63, 3.8) is 0 Å². The van der Waals surface area contributed by atoms with Crippen LogP contribution in [0.1, 0.15) is 92.0 Å². The number of methoxy groups -OCH3 is 1. The Balaban J connectivity index is 1.32. The number of carbonyl (C=O) groups excluding carboxylic acids is 5. The molecule has 2 N–H and O–H groups in total. The van der Waals surface area contributed by atoms with E-state index in [9.17, 15) is 24.0 Å². The number of ether oxygens (including phenoxy) is 3. The molecule has 11 nitrogen and oxygen atoms in total. The number of rotatable bonds is 13. The smallest absolute Gasteiger partial charge is 0.410 e. The maximum absolute atomic E-state index is 14.6. The Hall–Kier alpha value is -5.45. The van der Waals surface area contributed by atoms with E-state index < -0.39 is 47.5 Å². The van der Waals surface area contributed by atoms with Gasteiger partial charge in [0.25, 0.3) is 0 Å². The summed E-state index contributed by atoms with van der Waals surface area (Å²) in [4.78, 5) is 68.1. The summed E-state index contributed by atoms with van der Waals surface area (Å²) in [7, 11) is 2.82. The van der Waals surface area contributed by atoms with Gasteiger partial charge in [-0.25, -0.2) is 9.59 Å². The summed E-state index contributed by atoms with van der Waals surface area (Å²) in [6, 6.07) is 20.3. The van der Waals surface area contributed by atoms with E-state index in [1.165, 1.54) is 24.6 Å². The molecule has 0 radical (unpaired) electrons. The van der Waals surface area contributed by atoms with E-state index in [4.69, 9.17) is 14.2 Å². The Bertz CT molecular complexity index is 1860.